The van der Waals surface area contributed by atoms with Gasteiger partial charge in [0.25, 0.3) is 0 Å². The zero-order valence-electron chi connectivity index (χ0n) is 9.82. The van der Waals surface area contributed by atoms with Crippen LogP contribution < -0.4 is 5.73 Å². The first-order valence-corrected chi connectivity index (χ1v) is 6.08. The van der Waals surface area contributed by atoms with Crippen LogP contribution in [0.5, 0.6) is 0 Å². The lowest BCUT2D eigenvalue weighted by atomic mass is 9.98. The summed E-state index contributed by atoms with van der Waals surface area (Å²) in [5.74, 6) is 0.0555. The Labute approximate surface area is 95.3 Å². The quantitative estimate of drug-likeness (QED) is 0.832. The average Bonchev–Trinajstić information content (AvgIpc) is 2.63. The molecule has 2 atom stereocenters. The van der Waals surface area contributed by atoms with Gasteiger partial charge in [0.1, 0.15) is 6.10 Å². The van der Waals surface area contributed by atoms with Gasteiger partial charge in [0.15, 0.2) is 0 Å². The molecule has 1 aromatic heterocycles. The third-order valence-electron chi connectivity index (χ3n) is 2.38. The van der Waals surface area contributed by atoms with Crippen LogP contribution in [0, 0.1) is 5.92 Å². The number of hydrogen-bond donors (Lipinski definition) is 2. The fraction of sp³-hybridized carbons (Fsp3) is 0.727. The Hall–Kier alpha value is -0.450. The van der Waals surface area contributed by atoms with Gasteiger partial charge < -0.3 is 10.8 Å². The standard InChI is InChI=1S/C11H20N2OS/c1-7(5-12)9(14)8-6-15-10(13-8)11(2,3)4/h6-7,9,14H,5,12H2,1-4H3. The highest BCUT2D eigenvalue weighted by Gasteiger charge is 2.22. The molecule has 3 nitrogen and oxygen atoms in total. The van der Waals surface area contributed by atoms with Crippen LogP contribution in [0.4, 0.5) is 0 Å². The summed E-state index contributed by atoms with van der Waals surface area (Å²) >= 11 is 1.60. The van der Waals surface area contributed by atoms with Crippen LogP contribution in [0.3, 0.4) is 0 Å². The Morgan fingerprint density at radius 1 is 1.53 bits per heavy atom. The number of nitrogens with zero attached hydrogens (tertiary/aromatic N) is 1. The molecule has 0 aliphatic rings. The lowest BCUT2D eigenvalue weighted by Crippen LogP contribution is -2.19. The van der Waals surface area contributed by atoms with E-state index in [1.165, 1.54) is 0 Å². The highest BCUT2D eigenvalue weighted by atomic mass is 32.1. The van der Waals surface area contributed by atoms with Crippen LogP contribution in [0.2, 0.25) is 0 Å². The molecule has 0 aliphatic carbocycles. The molecule has 0 aromatic carbocycles. The van der Waals surface area contributed by atoms with Crippen LogP contribution in [-0.2, 0) is 5.41 Å². The minimum atomic E-state index is -0.539. The molecule has 0 saturated carbocycles. The molecule has 2 unspecified atom stereocenters. The number of aromatic nitrogens is 1. The first-order chi connectivity index (χ1) is 6.86. The van der Waals surface area contributed by atoms with Gasteiger partial charge in [-0.2, -0.15) is 0 Å². The van der Waals surface area contributed by atoms with E-state index in [0.717, 1.165) is 10.7 Å². The normalized spacial score (nSPS) is 16.4. The van der Waals surface area contributed by atoms with Gasteiger partial charge in [-0.3, -0.25) is 0 Å². The van der Waals surface area contributed by atoms with Gasteiger partial charge in [0, 0.05) is 10.8 Å². The SMILES string of the molecule is CC(CN)C(O)c1csc(C(C)(C)C)n1. The molecule has 4 heteroatoms. The molecule has 86 valence electrons. The number of rotatable bonds is 3. The molecule has 0 aliphatic heterocycles. The van der Waals surface area contributed by atoms with Gasteiger partial charge in [0.05, 0.1) is 10.7 Å². The van der Waals surface area contributed by atoms with E-state index in [4.69, 9.17) is 5.73 Å². The fourth-order valence-corrected chi connectivity index (χ4v) is 2.12. The van der Waals surface area contributed by atoms with Crippen LogP contribution in [0.1, 0.15) is 44.5 Å². The highest BCUT2D eigenvalue weighted by molar-refractivity contribution is 7.09. The van der Waals surface area contributed by atoms with E-state index in [1.807, 2.05) is 12.3 Å². The first kappa shape index (κ1) is 12.6. The summed E-state index contributed by atoms with van der Waals surface area (Å²) in [6, 6.07) is 0. The largest absolute Gasteiger partial charge is 0.386 e. The third kappa shape index (κ3) is 3.00. The summed E-state index contributed by atoms with van der Waals surface area (Å²) in [6.45, 7) is 8.77. The van der Waals surface area contributed by atoms with Crippen molar-refractivity contribution in [3.63, 3.8) is 0 Å². The fourth-order valence-electron chi connectivity index (χ4n) is 1.19. The minimum absolute atomic E-state index is 0.0502. The molecular formula is C11H20N2OS. The second-order valence-electron chi connectivity index (χ2n) is 4.99. The summed E-state index contributed by atoms with van der Waals surface area (Å²) in [6.07, 6.45) is -0.539. The van der Waals surface area contributed by atoms with E-state index in [2.05, 4.69) is 25.8 Å². The Bertz CT molecular complexity index is 317. The van der Waals surface area contributed by atoms with Gasteiger partial charge in [-0.05, 0) is 12.5 Å². The van der Waals surface area contributed by atoms with Crippen molar-refractivity contribution >= 4 is 11.3 Å². The maximum absolute atomic E-state index is 9.93. The molecule has 0 spiro atoms. The van der Waals surface area contributed by atoms with Gasteiger partial charge in [-0.15, -0.1) is 11.3 Å². The minimum Gasteiger partial charge on any atom is -0.386 e. The van der Waals surface area contributed by atoms with Crippen LogP contribution >= 0.6 is 11.3 Å². The predicted octanol–water partition coefficient (Wildman–Crippen LogP) is 2.07. The Morgan fingerprint density at radius 3 is 2.53 bits per heavy atom. The van der Waals surface area contributed by atoms with Gasteiger partial charge >= 0.3 is 0 Å². The van der Waals surface area contributed by atoms with Crippen LogP contribution in [0.25, 0.3) is 0 Å². The van der Waals surface area contributed by atoms with Gasteiger partial charge in [0.2, 0.25) is 0 Å². The molecule has 3 N–H and O–H groups in total. The second kappa shape index (κ2) is 4.60. The van der Waals surface area contributed by atoms with Crippen molar-refractivity contribution in [3.05, 3.63) is 16.1 Å². The van der Waals surface area contributed by atoms with E-state index < -0.39 is 6.10 Å². The van der Waals surface area contributed by atoms with Crippen molar-refractivity contribution < 1.29 is 5.11 Å². The maximum atomic E-state index is 9.93. The number of thiazole rings is 1. The number of aliphatic hydroxyl groups is 1. The molecule has 1 aromatic rings. The molecule has 1 heterocycles. The van der Waals surface area contributed by atoms with Crippen molar-refractivity contribution in [1.82, 2.24) is 4.98 Å². The van der Waals surface area contributed by atoms with Crippen molar-refractivity contribution in [2.45, 2.75) is 39.2 Å². The predicted molar refractivity (Wildman–Crippen MR) is 64.0 cm³/mol. The van der Waals surface area contributed by atoms with Crippen LogP contribution in [-0.4, -0.2) is 16.6 Å². The molecule has 0 radical (unpaired) electrons. The monoisotopic (exact) mass is 228 g/mol. The Kier molecular flexibility index (Phi) is 3.87. The third-order valence-corrected chi connectivity index (χ3v) is 3.66. The lowest BCUT2D eigenvalue weighted by molar-refractivity contribution is 0.118. The summed E-state index contributed by atoms with van der Waals surface area (Å²) in [5.41, 5.74) is 6.32. The molecule has 1 rings (SSSR count). The van der Waals surface area contributed by atoms with E-state index in [0.29, 0.717) is 6.54 Å². The number of nitrogens with two attached hydrogens (primary N) is 1. The summed E-state index contributed by atoms with van der Waals surface area (Å²) in [5, 5.41) is 12.9. The van der Waals surface area contributed by atoms with Crippen molar-refractivity contribution in [2.24, 2.45) is 11.7 Å². The summed E-state index contributed by atoms with van der Waals surface area (Å²) in [7, 11) is 0. The highest BCUT2D eigenvalue weighted by Crippen LogP contribution is 2.29. The first-order valence-electron chi connectivity index (χ1n) is 5.20. The van der Waals surface area contributed by atoms with Crippen molar-refractivity contribution in [2.75, 3.05) is 6.54 Å². The number of aliphatic hydroxyl groups excluding tert-OH is 1. The zero-order chi connectivity index (χ0) is 11.6. The lowest BCUT2D eigenvalue weighted by Gasteiger charge is -2.16. The van der Waals surface area contributed by atoms with Crippen molar-refractivity contribution in [1.29, 1.82) is 0 Å². The summed E-state index contributed by atoms with van der Waals surface area (Å²) in [4.78, 5) is 4.46. The van der Waals surface area contributed by atoms with Gasteiger partial charge in [-0.1, -0.05) is 27.7 Å². The topological polar surface area (TPSA) is 59.1 Å². The number of hydrogen-bond acceptors (Lipinski definition) is 4. The van der Waals surface area contributed by atoms with Crippen LogP contribution in [0.15, 0.2) is 5.38 Å². The smallest absolute Gasteiger partial charge is 0.101 e. The molecule has 0 amide bonds. The maximum Gasteiger partial charge on any atom is 0.101 e. The molecule has 0 fully saturated rings. The van der Waals surface area contributed by atoms with Crippen molar-refractivity contribution in [3.8, 4) is 0 Å². The Morgan fingerprint density at radius 2 is 2.13 bits per heavy atom. The van der Waals surface area contributed by atoms with E-state index in [9.17, 15) is 5.11 Å². The summed E-state index contributed by atoms with van der Waals surface area (Å²) < 4.78 is 0. The van der Waals surface area contributed by atoms with Gasteiger partial charge in [-0.25, -0.2) is 4.98 Å². The molecule has 0 saturated heterocycles. The van der Waals surface area contributed by atoms with E-state index in [-0.39, 0.29) is 11.3 Å². The molecule has 0 bridgehead atoms. The zero-order valence-corrected chi connectivity index (χ0v) is 10.6. The molecular weight excluding hydrogens is 208 g/mol. The van der Waals surface area contributed by atoms with E-state index in [1.54, 1.807) is 11.3 Å². The second-order valence-corrected chi connectivity index (χ2v) is 5.84. The van der Waals surface area contributed by atoms with E-state index >= 15 is 0 Å². The Balaban J connectivity index is 2.85. The molecule has 15 heavy (non-hydrogen) atoms. The average molecular weight is 228 g/mol.